The minimum absolute atomic E-state index is 0.0640. The van der Waals surface area contributed by atoms with Crippen molar-refractivity contribution in [1.29, 1.82) is 0 Å². The quantitative estimate of drug-likeness (QED) is 0.492. The van der Waals surface area contributed by atoms with E-state index in [2.05, 4.69) is 9.97 Å². The number of halogens is 3. The fourth-order valence-electron chi connectivity index (χ4n) is 3.95. The number of hydrogen-bond donors (Lipinski definition) is 0. The first-order valence-electron chi connectivity index (χ1n) is 9.34. The predicted octanol–water partition coefficient (Wildman–Crippen LogP) is 4.96. The van der Waals surface area contributed by atoms with Gasteiger partial charge in [-0.3, -0.25) is 4.40 Å². The molecule has 0 unspecified atom stereocenters. The summed E-state index contributed by atoms with van der Waals surface area (Å²) < 4.78 is 44.3. The van der Waals surface area contributed by atoms with Crippen LogP contribution in [0.25, 0.3) is 16.9 Å². The van der Waals surface area contributed by atoms with E-state index in [1.165, 1.54) is 0 Å². The van der Waals surface area contributed by atoms with Crippen LogP contribution in [0, 0.1) is 11.6 Å². The monoisotopic (exact) mass is 394 g/mol. The van der Waals surface area contributed by atoms with E-state index < -0.39 is 23.8 Å². The van der Waals surface area contributed by atoms with Crippen LogP contribution < -0.4 is 4.90 Å². The second-order valence-corrected chi connectivity index (χ2v) is 7.15. The van der Waals surface area contributed by atoms with E-state index >= 15 is 0 Å². The van der Waals surface area contributed by atoms with Crippen LogP contribution in [0.4, 0.5) is 19.0 Å². The van der Waals surface area contributed by atoms with Gasteiger partial charge in [-0.2, -0.15) is 0 Å². The van der Waals surface area contributed by atoms with Crippen LogP contribution in [0.5, 0.6) is 0 Å². The molecule has 29 heavy (non-hydrogen) atoms. The summed E-state index contributed by atoms with van der Waals surface area (Å²) in [5.74, 6) is -0.612. The summed E-state index contributed by atoms with van der Waals surface area (Å²) in [5, 5.41) is 0. The lowest BCUT2D eigenvalue weighted by molar-refractivity contribution is 0.355. The third kappa shape index (κ3) is 3.12. The largest absolute Gasteiger partial charge is 0.345 e. The summed E-state index contributed by atoms with van der Waals surface area (Å²) in [5.41, 5.74) is 2.64. The molecule has 0 radical (unpaired) electrons. The number of rotatable bonds is 3. The van der Waals surface area contributed by atoms with Crippen molar-refractivity contribution < 1.29 is 13.2 Å². The van der Waals surface area contributed by atoms with Crippen LogP contribution in [0.3, 0.4) is 0 Å². The van der Waals surface area contributed by atoms with E-state index in [0.29, 0.717) is 11.5 Å². The van der Waals surface area contributed by atoms with Gasteiger partial charge in [-0.15, -0.1) is 0 Å². The topological polar surface area (TPSA) is 33.4 Å². The number of hydrogen-bond acceptors (Lipinski definition) is 3. The van der Waals surface area contributed by atoms with E-state index in [-0.39, 0.29) is 18.5 Å². The van der Waals surface area contributed by atoms with E-state index in [9.17, 15) is 13.2 Å². The number of fused-ring (bicyclic) bond motifs is 1. The minimum atomic E-state index is -1.16. The van der Waals surface area contributed by atoms with Gasteiger partial charge >= 0.3 is 0 Å². The second-order valence-electron chi connectivity index (χ2n) is 7.15. The van der Waals surface area contributed by atoms with E-state index in [1.807, 2.05) is 34.7 Å². The average Bonchev–Trinajstić information content (AvgIpc) is 3.33. The molecule has 2 atom stereocenters. The van der Waals surface area contributed by atoms with Crippen molar-refractivity contribution in [3.8, 4) is 11.3 Å². The summed E-state index contributed by atoms with van der Waals surface area (Å²) in [6.07, 6.45) is 4.05. The van der Waals surface area contributed by atoms with Crippen molar-refractivity contribution in [3.05, 3.63) is 84.3 Å². The highest BCUT2D eigenvalue weighted by molar-refractivity contribution is 5.64. The highest BCUT2D eigenvalue weighted by Crippen LogP contribution is 2.38. The fraction of sp³-hybridized carbons (Fsp3) is 0.182. The van der Waals surface area contributed by atoms with Gasteiger partial charge in [0.15, 0.2) is 5.65 Å². The molecule has 4 nitrogen and oxygen atoms in total. The molecule has 3 heterocycles. The van der Waals surface area contributed by atoms with Gasteiger partial charge in [0.25, 0.3) is 0 Å². The zero-order valence-corrected chi connectivity index (χ0v) is 15.3. The van der Waals surface area contributed by atoms with Gasteiger partial charge in [0.1, 0.15) is 23.6 Å². The highest BCUT2D eigenvalue weighted by atomic mass is 19.1. The van der Waals surface area contributed by atoms with Crippen LogP contribution in [0.2, 0.25) is 0 Å². The zero-order valence-electron chi connectivity index (χ0n) is 15.3. The molecule has 5 rings (SSSR count). The number of alkyl halides is 1. The Balaban J connectivity index is 1.59. The van der Waals surface area contributed by atoms with Crippen LogP contribution in [-0.4, -0.2) is 27.1 Å². The molecule has 0 bridgehead atoms. The Hall–Kier alpha value is -3.35. The Bertz CT molecular complexity index is 1180. The van der Waals surface area contributed by atoms with Gasteiger partial charge in [0.2, 0.25) is 0 Å². The number of nitrogens with zero attached hydrogens (tertiary/aromatic N) is 4. The second kappa shape index (κ2) is 6.92. The van der Waals surface area contributed by atoms with Crippen LogP contribution in [-0.2, 0) is 0 Å². The maximum absolute atomic E-state index is 14.4. The summed E-state index contributed by atoms with van der Waals surface area (Å²) in [6.45, 7) is 0.0640. The molecule has 0 amide bonds. The number of anilines is 1. The zero-order chi connectivity index (χ0) is 20.0. The van der Waals surface area contributed by atoms with E-state index in [4.69, 9.17) is 0 Å². The maximum Gasteiger partial charge on any atom is 0.155 e. The van der Waals surface area contributed by atoms with Crippen LogP contribution in [0.1, 0.15) is 18.0 Å². The first-order chi connectivity index (χ1) is 14.1. The molecule has 1 fully saturated rings. The van der Waals surface area contributed by atoms with Crippen molar-refractivity contribution in [2.24, 2.45) is 0 Å². The smallest absolute Gasteiger partial charge is 0.155 e. The SMILES string of the molecule is Fc1ccc(F)c([C@H]2C[C@H](F)CN2c2cn3c(-c4ccccc4)cnc3cn2)c1. The molecular formula is C22H17F3N4. The molecule has 0 aliphatic carbocycles. The molecule has 2 aromatic heterocycles. The summed E-state index contributed by atoms with van der Waals surface area (Å²) in [6, 6.07) is 12.4. The van der Waals surface area contributed by atoms with E-state index in [0.717, 1.165) is 29.5 Å². The predicted molar refractivity (Wildman–Crippen MR) is 104 cm³/mol. The summed E-state index contributed by atoms with van der Waals surface area (Å²) >= 11 is 0. The molecule has 0 spiro atoms. The molecular weight excluding hydrogens is 377 g/mol. The molecule has 1 aliphatic rings. The average molecular weight is 394 g/mol. The van der Waals surface area contributed by atoms with Crippen molar-refractivity contribution in [2.45, 2.75) is 18.6 Å². The standard InChI is InChI=1S/C22H17F3N4/c23-15-6-7-18(25)17(8-15)19-9-16(24)12-28(19)22-13-29-20(10-26-21(29)11-27-22)14-4-2-1-3-5-14/h1-8,10-11,13,16,19H,9,12H2/t16-,19+/m0/s1. The Kier molecular flexibility index (Phi) is 4.23. The molecule has 0 N–H and O–H groups in total. The lowest BCUT2D eigenvalue weighted by atomic mass is 10.0. The molecule has 2 aromatic carbocycles. The molecule has 1 aliphatic heterocycles. The van der Waals surface area contributed by atoms with Crippen molar-refractivity contribution in [2.75, 3.05) is 11.4 Å². The number of benzene rings is 2. The van der Waals surface area contributed by atoms with Crippen molar-refractivity contribution in [1.82, 2.24) is 14.4 Å². The van der Waals surface area contributed by atoms with Gasteiger partial charge in [-0.1, -0.05) is 30.3 Å². The number of imidazole rings is 1. The lowest BCUT2D eigenvalue weighted by Gasteiger charge is -2.26. The fourth-order valence-corrected chi connectivity index (χ4v) is 3.95. The van der Waals surface area contributed by atoms with Gasteiger partial charge in [0, 0.05) is 17.5 Å². The Morgan fingerprint density at radius 3 is 2.62 bits per heavy atom. The highest BCUT2D eigenvalue weighted by Gasteiger charge is 2.36. The molecule has 146 valence electrons. The van der Waals surface area contributed by atoms with Gasteiger partial charge in [0.05, 0.1) is 36.9 Å². The molecule has 4 aromatic rings. The van der Waals surface area contributed by atoms with Crippen molar-refractivity contribution >= 4 is 11.5 Å². The lowest BCUT2D eigenvalue weighted by Crippen LogP contribution is -2.25. The van der Waals surface area contributed by atoms with Gasteiger partial charge < -0.3 is 4.90 Å². The Morgan fingerprint density at radius 1 is 0.966 bits per heavy atom. The Morgan fingerprint density at radius 2 is 1.79 bits per heavy atom. The first kappa shape index (κ1) is 17.7. The minimum Gasteiger partial charge on any atom is -0.345 e. The Labute approximate surface area is 165 Å². The number of aromatic nitrogens is 3. The summed E-state index contributed by atoms with van der Waals surface area (Å²) in [4.78, 5) is 10.5. The van der Waals surface area contributed by atoms with Crippen LogP contribution in [0.15, 0.2) is 67.1 Å². The van der Waals surface area contributed by atoms with Crippen molar-refractivity contribution in [3.63, 3.8) is 0 Å². The van der Waals surface area contributed by atoms with E-state index in [1.54, 1.807) is 23.5 Å². The van der Waals surface area contributed by atoms with Gasteiger partial charge in [-0.05, 0) is 18.2 Å². The normalized spacial score (nSPS) is 19.2. The third-order valence-electron chi connectivity index (χ3n) is 5.31. The van der Waals surface area contributed by atoms with Gasteiger partial charge in [-0.25, -0.2) is 23.1 Å². The first-order valence-corrected chi connectivity index (χ1v) is 9.34. The molecule has 1 saturated heterocycles. The molecule has 0 saturated carbocycles. The molecule has 7 heteroatoms. The maximum atomic E-state index is 14.4. The third-order valence-corrected chi connectivity index (χ3v) is 5.31. The van der Waals surface area contributed by atoms with Crippen LogP contribution >= 0.6 is 0 Å². The summed E-state index contributed by atoms with van der Waals surface area (Å²) in [7, 11) is 0.